The lowest BCUT2D eigenvalue weighted by molar-refractivity contribution is -0.140. The molecular weight excluding hydrogens is 392 g/mol. The summed E-state index contributed by atoms with van der Waals surface area (Å²) in [6, 6.07) is 1.68. The molecule has 2 rings (SSSR count). The lowest BCUT2D eigenvalue weighted by atomic mass is 10.1. The Morgan fingerprint density at radius 2 is 1.79 bits per heavy atom. The van der Waals surface area contributed by atoms with Crippen LogP contribution in [-0.4, -0.2) is 63.9 Å². The summed E-state index contributed by atoms with van der Waals surface area (Å²) in [5.41, 5.74) is 1.06. The number of aryl methyl sites for hydroxylation is 2. The zero-order valence-corrected chi connectivity index (χ0v) is 18.5. The average Bonchev–Trinajstić information content (AvgIpc) is 3.11. The highest BCUT2D eigenvalue weighted by Crippen LogP contribution is 2.25. The third-order valence-corrected chi connectivity index (χ3v) is 5.03. The SMILES string of the molecule is COC(=O)CCCCCCN(c1nc(C)cc(C(=O)N(C)C)n1)c1nc(C)ns1. The van der Waals surface area contributed by atoms with Crippen molar-refractivity contribution in [3.05, 3.63) is 23.3 Å². The Kier molecular flexibility index (Phi) is 8.44. The van der Waals surface area contributed by atoms with Crippen molar-refractivity contribution in [2.24, 2.45) is 0 Å². The first-order valence-electron chi connectivity index (χ1n) is 9.53. The summed E-state index contributed by atoms with van der Waals surface area (Å²) >= 11 is 1.28. The summed E-state index contributed by atoms with van der Waals surface area (Å²) in [6.45, 7) is 4.32. The molecule has 0 N–H and O–H groups in total. The van der Waals surface area contributed by atoms with Crippen molar-refractivity contribution in [3.63, 3.8) is 0 Å². The summed E-state index contributed by atoms with van der Waals surface area (Å²) < 4.78 is 8.93. The molecule has 29 heavy (non-hydrogen) atoms. The maximum absolute atomic E-state index is 12.4. The summed E-state index contributed by atoms with van der Waals surface area (Å²) in [5.74, 6) is 0.779. The maximum Gasteiger partial charge on any atom is 0.305 e. The van der Waals surface area contributed by atoms with Crippen molar-refractivity contribution in [2.75, 3.05) is 32.6 Å². The Bertz CT molecular complexity index is 839. The Morgan fingerprint density at radius 3 is 2.41 bits per heavy atom. The van der Waals surface area contributed by atoms with E-state index in [9.17, 15) is 9.59 Å². The second-order valence-corrected chi connectivity index (χ2v) is 7.64. The van der Waals surface area contributed by atoms with E-state index >= 15 is 0 Å². The Morgan fingerprint density at radius 1 is 1.07 bits per heavy atom. The summed E-state index contributed by atoms with van der Waals surface area (Å²) in [7, 11) is 4.79. The van der Waals surface area contributed by atoms with Gasteiger partial charge in [-0.3, -0.25) is 14.5 Å². The van der Waals surface area contributed by atoms with E-state index in [-0.39, 0.29) is 11.9 Å². The van der Waals surface area contributed by atoms with Crippen LogP contribution in [0.2, 0.25) is 0 Å². The fourth-order valence-corrected chi connectivity index (χ4v) is 3.38. The van der Waals surface area contributed by atoms with Gasteiger partial charge in [0.25, 0.3) is 5.91 Å². The molecule has 0 unspecified atom stereocenters. The lowest BCUT2D eigenvalue weighted by Crippen LogP contribution is -2.26. The van der Waals surface area contributed by atoms with Crippen LogP contribution in [0.15, 0.2) is 6.07 Å². The fourth-order valence-electron chi connectivity index (χ4n) is 2.68. The molecule has 0 aliphatic carbocycles. The molecule has 0 radical (unpaired) electrons. The van der Waals surface area contributed by atoms with Gasteiger partial charge < -0.3 is 9.64 Å². The molecule has 0 aromatic carbocycles. The third-order valence-electron chi connectivity index (χ3n) is 4.20. The van der Waals surface area contributed by atoms with Gasteiger partial charge in [-0.2, -0.15) is 4.37 Å². The molecule has 10 heteroatoms. The molecule has 0 aliphatic heterocycles. The number of esters is 1. The van der Waals surface area contributed by atoms with Gasteiger partial charge in [0.15, 0.2) is 0 Å². The third kappa shape index (κ3) is 6.74. The fraction of sp³-hybridized carbons (Fsp3) is 0.579. The summed E-state index contributed by atoms with van der Waals surface area (Å²) in [4.78, 5) is 40.5. The molecule has 0 saturated carbocycles. The predicted octanol–water partition coefficient (Wildman–Crippen LogP) is 2.91. The first-order chi connectivity index (χ1) is 13.8. The van der Waals surface area contributed by atoms with Crippen LogP contribution in [0.3, 0.4) is 0 Å². The van der Waals surface area contributed by atoms with Crippen molar-refractivity contribution in [1.29, 1.82) is 0 Å². The van der Waals surface area contributed by atoms with Crippen LogP contribution in [-0.2, 0) is 9.53 Å². The number of aromatic nitrogens is 4. The summed E-state index contributed by atoms with van der Waals surface area (Å²) in [5, 5.41) is 0.700. The minimum atomic E-state index is -0.179. The van der Waals surface area contributed by atoms with Gasteiger partial charge in [0, 0.05) is 44.3 Å². The molecule has 0 aliphatic rings. The van der Waals surface area contributed by atoms with Crippen molar-refractivity contribution >= 4 is 34.5 Å². The molecule has 2 aromatic rings. The number of nitrogens with zero attached hydrogens (tertiary/aromatic N) is 6. The molecule has 0 saturated heterocycles. The Hall–Kier alpha value is -2.62. The van der Waals surface area contributed by atoms with Gasteiger partial charge in [-0.15, -0.1) is 0 Å². The van der Waals surface area contributed by atoms with Gasteiger partial charge in [0.2, 0.25) is 11.1 Å². The van der Waals surface area contributed by atoms with E-state index in [0.717, 1.165) is 25.7 Å². The smallest absolute Gasteiger partial charge is 0.305 e. The van der Waals surface area contributed by atoms with Crippen LogP contribution in [0.4, 0.5) is 11.1 Å². The molecule has 0 spiro atoms. The topological polar surface area (TPSA) is 101 Å². The number of amides is 1. The second-order valence-electron chi connectivity index (χ2n) is 6.91. The molecule has 2 aromatic heterocycles. The first-order valence-corrected chi connectivity index (χ1v) is 10.3. The van der Waals surface area contributed by atoms with E-state index in [1.165, 1.54) is 23.5 Å². The van der Waals surface area contributed by atoms with Crippen molar-refractivity contribution in [1.82, 2.24) is 24.2 Å². The minimum absolute atomic E-state index is 0.173. The van der Waals surface area contributed by atoms with Gasteiger partial charge in [0.1, 0.15) is 11.5 Å². The molecule has 0 bridgehead atoms. The Labute approximate surface area is 175 Å². The molecule has 0 fully saturated rings. The standard InChI is InChI=1S/C19H28N6O3S/c1-13-12-15(17(27)24(3)4)22-18(20-13)25(19-21-14(2)23-29-19)11-9-7-6-8-10-16(26)28-5/h12H,6-11H2,1-5H3. The van der Waals surface area contributed by atoms with Gasteiger partial charge in [-0.25, -0.2) is 15.0 Å². The van der Waals surface area contributed by atoms with E-state index < -0.39 is 0 Å². The lowest BCUT2D eigenvalue weighted by Gasteiger charge is -2.20. The van der Waals surface area contributed by atoms with Gasteiger partial charge in [-0.1, -0.05) is 12.8 Å². The molecule has 1 amide bonds. The van der Waals surface area contributed by atoms with E-state index in [2.05, 4.69) is 24.1 Å². The molecule has 2 heterocycles. The number of hydrogen-bond acceptors (Lipinski definition) is 9. The number of hydrogen-bond donors (Lipinski definition) is 0. The van der Waals surface area contributed by atoms with Crippen molar-refractivity contribution in [3.8, 4) is 0 Å². The van der Waals surface area contributed by atoms with Crippen LogP contribution in [0.25, 0.3) is 0 Å². The Balaban J connectivity index is 2.13. The number of anilines is 2. The average molecular weight is 421 g/mol. The van der Waals surface area contributed by atoms with E-state index in [1.54, 1.807) is 20.2 Å². The number of unbranched alkanes of at least 4 members (excludes halogenated alkanes) is 3. The predicted molar refractivity (Wildman–Crippen MR) is 112 cm³/mol. The number of carbonyl (C=O) groups excluding carboxylic acids is 2. The van der Waals surface area contributed by atoms with E-state index in [0.29, 0.717) is 41.3 Å². The molecular formula is C19H28N6O3S. The monoisotopic (exact) mass is 420 g/mol. The van der Waals surface area contributed by atoms with E-state index in [1.807, 2.05) is 18.7 Å². The van der Waals surface area contributed by atoms with Crippen LogP contribution < -0.4 is 4.90 Å². The number of methoxy groups -OCH3 is 1. The van der Waals surface area contributed by atoms with Crippen LogP contribution in [0.5, 0.6) is 0 Å². The normalized spacial score (nSPS) is 10.7. The highest BCUT2D eigenvalue weighted by atomic mass is 32.1. The summed E-state index contributed by atoms with van der Waals surface area (Å²) in [6.07, 6.45) is 3.98. The number of ether oxygens (including phenoxy) is 1. The zero-order valence-electron chi connectivity index (χ0n) is 17.6. The van der Waals surface area contributed by atoms with E-state index in [4.69, 9.17) is 0 Å². The largest absolute Gasteiger partial charge is 0.469 e. The first kappa shape index (κ1) is 22.7. The molecule has 9 nitrogen and oxygen atoms in total. The van der Waals surface area contributed by atoms with Crippen molar-refractivity contribution in [2.45, 2.75) is 46.0 Å². The second kappa shape index (κ2) is 10.8. The van der Waals surface area contributed by atoms with Gasteiger partial charge in [0.05, 0.1) is 7.11 Å². The van der Waals surface area contributed by atoms with Crippen LogP contribution in [0.1, 0.15) is 54.1 Å². The number of rotatable bonds is 10. The van der Waals surface area contributed by atoms with Crippen molar-refractivity contribution < 1.29 is 14.3 Å². The van der Waals surface area contributed by atoms with Gasteiger partial charge in [-0.05, 0) is 32.8 Å². The minimum Gasteiger partial charge on any atom is -0.469 e. The van der Waals surface area contributed by atoms with Gasteiger partial charge >= 0.3 is 5.97 Å². The molecule has 0 atom stereocenters. The molecule has 158 valence electrons. The maximum atomic E-state index is 12.4. The van der Waals surface area contributed by atoms with Crippen LogP contribution in [0, 0.1) is 13.8 Å². The highest BCUT2D eigenvalue weighted by molar-refractivity contribution is 7.09. The van der Waals surface area contributed by atoms with Crippen LogP contribution >= 0.6 is 11.5 Å². The number of carbonyl (C=O) groups is 2. The highest BCUT2D eigenvalue weighted by Gasteiger charge is 2.20. The zero-order chi connectivity index (χ0) is 21.4. The quantitative estimate of drug-likeness (QED) is 0.427.